The summed E-state index contributed by atoms with van der Waals surface area (Å²) in [7, 11) is 0. The summed E-state index contributed by atoms with van der Waals surface area (Å²) in [4.78, 5) is 27.8. The number of likely N-dealkylation sites (tertiary alicyclic amines) is 1. The van der Waals surface area contributed by atoms with Gasteiger partial charge in [0.05, 0.1) is 0 Å². The fourth-order valence-corrected chi connectivity index (χ4v) is 3.38. The Morgan fingerprint density at radius 2 is 2.14 bits per heavy atom. The lowest BCUT2D eigenvalue weighted by Crippen LogP contribution is -2.39. The Kier molecular flexibility index (Phi) is 3.68. The summed E-state index contributed by atoms with van der Waals surface area (Å²) in [5.41, 5.74) is 8.48. The van der Waals surface area contributed by atoms with Crippen molar-refractivity contribution in [2.45, 2.75) is 32.2 Å². The number of rotatable bonds is 2. The van der Waals surface area contributed by atoms with Crippen LogP contribution in [-0.2, 0) is 11.2 Å². The van der Waals surface area contributed by atoms with E-state index in [0.717, 1.165) is 37.1 Å². The number of nitrogens with zero attached hydrogens (tertiary/aromatic N) is 2. The molecule has 1 aromatic rings. The number of benzene rings is 1. The molecule has 1 saturated heterocycles. The van der Waals surface area contributed by atoms with E-state index in [2.05, 4.69) is 0 Å². The molecule has 2 N–H and O–H groups in total. The maximum Gasteiger partial charge on any atom is 0.254 e. The molecule has 1 aromatic carbocycles. The van der Waals surface area contributed by atoms with Gasteiger partial charge in [-0.2, -0.15) is 0 Å². The Labute approximate surface area is 124 Å². The van der Waals surface area contributed by atoms with Crippen LogP contribution in [0.3, 0.4) is 0 Å². The normalized spacial score (nSPS) is 20.8. The standard InChI is InChI=1S/C16H21N3O2/c1-11(20)18-8-6-12-9-13(4-5-15(12)18)16(21)19-7-2-3-14(19)10-17/h4-5,9,14H,2-3,6-8,10,17H2,1H3. The fourth-order valence-electron chi connectivity index (χ4n) is 3.38. The van der Waals surface area contributed by atoms with Crippen molar-refractivity contribution in [3.8, 4) is 0 Å². The van der Waals surface area contributed by atoms with Crippen LogP contribution in [0.2, 0.25) is 0 Å². The maximum atomic E-state index is 12.6. The average molecular weight is 287 g/mol. The monoisotopic (exact) mass is 287 g/mol. The van der Waals surface area contributed by atoms with Crippen LogP contribution in [0.25, 0.3) is 0 Å². The van der Waals surface area contributed by atoms with Gasteiger partial charge in [-0.1, -0.05) is 0 Å². The summed E-state index contributed by atoms with van der Waals surface area (Å²) in [5.74, 6) is 0.114. The molecule has 1 unspecified atom stereocenters. The van der Waals surface area contributed by atoms with Gasteiger partial charge in [0.15, 0.2) is 0 Å². The first-order chi connectivity index (χ1) is 10.1. The van der Waals surface area contributed by atoms with E-state index >= 15 is 0 Å². The number of amides is 2. The quantitative estimate of drug-likeness (QED) is 0.887. The van der Waals surface area contributed by atoms with Crippen molar-refractivity contribution in [1.29, 1.82) is 0 Å². The average Bonchev–Trinajstić information content (AvgIpc) is 3.11. The Hall–Kier alpha value is -1.88. The molecule has 5 heteroatoms. The number of hydrogen-bond donors (Lipinski definition) is 1. The molecule has 112 valence electrons. The maximum absolute atomic E-state index is 12.6. The second-order valence-electron chi connectivity index (χ2n) is 5.79. The summed E-state index contributed by atoms with van der Waals surface area (Å²) >= 11 is 0. The molecule has 0 radical (unpaired) electrons. The van der Waals surface area contributed by atoms with E-state index in [1.165, 1.54) is 0 Å². The molecule has 2 aliphatic rings. The summed E-state index contributed by atoms with van der Waals surface area (Å²) < 4.78 is 0. The SMILES string of the molecule is CC(=O)N1CCc2cc(C(=O)N3CCCC3CN)ccc21. The van der Waals surface area contributed by atoms with Crippen molar-refractivity contribution >= 4 is 17.5 Å². The predicted octanol–water partition coefficient (Wildman–Crippen LogP) is 1.16. The summed E-state index contributed by atoms with van der Waals surface area (Å²) in [5, 5.41) is 0. The van der Waals surface area contributed by atoms with E-state index in [9.17, 15) is 9.59 Å². The molecule has 1 fully saturated rings. The molecular formula is C16H21N3O2. The van der Waals surface area contributed by atoms with Gasteiger partial charge in [0.1, 0.15) is 0 Å². The number of nitrogens with two attached hydrogens (primary N) is 1. The van der Waals surface area contributed by atoms with Crippen LogP contribution in [0.4, 0.5) is 5.69 Å². The van der Waals surface area contributed by atoms with E-state index < -0.39 is 0 Å². The van der Waals surface area contributed by atoms with Gasteiger partial charge >= 0.3 is 0 Å². The van der Waals surface area contributed by atoms with E-state index in [-0.39, 0.29) is 17.9 Å². The minimum atomic E-state index is 0.0514. The van der Waals surface area contributed by atoms with Gasteiger partial charge in [0.2, 0.25) is 5.91 Å². The van der Waals surface area contributed by atoms with Crippen LogP contribution in [-0.4, -0.2) is 42.4 Å². The topological polar surface area (TPSA) is 66.6 Å². The highest BCUT2D eigenvalue weighted by atomic mass is 16.2. The molecule has 0 spiro atoms. The zero-order valence-corrected chi connectivity index (χ0v) is 12.3. The highest BCUT2D eigenvalue weighted by Crippen LogP contribution is 2.30. The van der Waals surface area contributed by atoms with E-state index in [1.54, 1.807) is 11.8 Å². The number of carbonyl (C=O) groups is 2. The van der Waals surface area contributed by atoms with Crippen molar-refractivity contribution in [2.75, 3.05) is 24.5 Å². The van der Waals surface area contributed by atoms with E-state index in [1.807, 2.05) is 23.1 Å². The van der Waals surface area contributed by atoms with Crippen LogP contribution < -0.4 is 10.6 Å². The largest absolute Gasteiger partial charge is 0.334 e. The van der Waals surface area contributed by atoms with Crippen LogP contribution in [0.1, 0.15) is 35.7 Å². The molecule has 0 saturated carbocycles. The summed E-state index contributed by atoms with van der Waals surface area (Å²) in [6.45, 7) is 3.59. The Morgan fingerprint density at radius 3 is 2.86 bits per heavy atom. The van der Waals surface area contributed by atoms with Crippen molar-refractivity contribution in [3.05, 3.63) is 29.3 Å². The summed E-state index contributed by atoms with van der Waals surface area (Å²) in [6.07, 6.45) is 2.83. The molecule has 2 amide bonds. The number of hydrogen-bond acceptors (Lipinski definition) is 3. The number of fused-ring (bicyclic) bond motifs is 1. The van der Waals surface area contributed by atoms with Crippen LogP contribution in [0.5, 0.6) is 0 Å². The van der Waals surface area contributed by atoms with Gasteiger partial charge in [-0.25, -0.2) is 0 Å². The molecule has 0 aromatic heterocycles. The molecule has 0 aliphatic carbocycles. The lowest BCUT2D eigenvalue weighted by molar-refractivity contribution is -0.116. The van der Waals surface area contributed by atoms with Crippen molar-refractivity contribution in [3.63, 3.8) is 0 Å². The Balaban J connectivity index is 1.85. The van der Waals surface area contributed by atoms with Crippen LogP contribution >= 0.6 is 0 Å². The van der Waals surface area contributed by atoms with Crippen LogP contribution in [0.15, 0.2) is 18.2 Å². The number of carbonyl (C=O) groups excluding carboxylic acids is 2. The van der Waals surface area contributed by atoms with Gasteiger partial charge in [-0.05, 0) is 43.0 Å². The molecule has 5 nitrogen and oxygen atoms in total. The second-order valence-corrected chi connectivity index (χ2v) is 5.79. The van der Waals surface area contributed by atoms with Crippen molar-refractivity contribution < 1.29 is 9.59 Å². The lowest BCUT2D eigenvalue weighted by Gasteiger charge is -2.24. The number of anilines is 1. The lowest BCUT2D eigenvalue weighted by atomic mass is 10.1. The predicted molar refractivity (Wildman–Crippen MR) is 81.3 cm³/mol. The van der Waals surface area contributed by atoms with E-state index in [4.69, 9.17) is 5.73 Å². The van der Waals surface area contributed by atoms with Gasteiger partial charge < -0.3 is 15.5 Å². The summed E-state index contributed by atoms with van der Waals surface area (Å²) in [6, 6.07) is 5.82. The molecule has 0 bridgehead atoms. The second kappa shape index (κ2) is 5.48. The van der Waals surface area contributed by atoms with Gasteiger partial charge in [-0.3, -0.25) is 9.59 Å². The highest BCUT2D eigenvalue weighted by molar-refractivity contribution is 5.98. The molecule has 3 rings (SSSR count). The van der Waals surface area contributed by atoms with Gasteiger partial charge in [-0.15, -0.1) is 0 Å². The highest BCUT2D eigenvalue weighted by Gasteiger charge is 2.29. The first kappa shape index (κ1) is 14.1. The molecular weight excluding hydrogens is 266 g/mol. The third kappa shape index (κ3) is 2.42. The molecule has 1 atom stereocenters. The molecule has 2 heterocycles. The van der Waals surface area contributed by atoms with Gasteiger partial charge in [0.25, 0.3) is 5.91 Å². The third-order valence-electron chi connectivity index (χ3n) is 4.51. The fraction of sp³-hybridized carbons (Fsp3) is 0.500. The van der Waals surface area contributed by atoms with Crippen molar-refractivity contribution in [1.82, 2.24) is 4.90 Å². The molecule has 2 aliphatic heterocycles. The van der Waals surface area contributed by atoms with Gasteiger partial charge in [0, 0.05) is 43.9 Å². The Morgan fingerprint density at radius 1 is 1.33 bits per heavy atom. The van der Waals surface area contributed by atoms with Crippen molar-refractivity contribution in [2.24, 2.45) is 5.73 Å². The Bertz CT molecular complexity index is 585. The minimum absolute atomic E-state index is 0.0514. The third-order valence-corrected chi connectivity index (χ3v) is 4.51. The minimum Gasteiger partial charge on any atom is -0.334 e. The smallest absolute Gasteiger partial charge is 0.254 e. The van der Waals surface area contributed by atoms with Crippen LogP contribution in [0, 0.1) is 0 Å². The first-order valence-corrected chi connectivity index (χ1v) is 7.54. The zero-order chi connectivity index (χ0) is 15.0. The molecule has 21 heavy (non-hydrogen) atoms. The van der Waals surface area contributed by atoms with E-state index in [0.29, 0.717) is 18.7 Å². The first-order valence-electron chi connectivity index (χ1n) is 7.54. The zero-order valence-electron chi connectivity index (χ0n) is 12.3.